The van der Waals surface area contributed by atoms with E-state index in [-0.39, 0.29) is 46.0 Å². The Morgan fingerprint density at radius 2 is 2.06 bits per heavy atom. The Balaban J connectivity index is 1.79. The molecule has 0 aliphatic carbocycles. The van der Waals surface area contributed by atoms with Crippen molar-refractivity contribution in [3.63, 3.8) is 0 Å². The summed E-state index contributed by atoms with van der Waals surface area (Å²) in [5, 5.41) is 16.7. The van der Waals surface area contributed by atoms with Gasteiger partial charge >= 0.3 is 0 Å². The summed E-state index contributed by atoms with van der Waals surface area (Å²) in [4.78, 5) is 29.3. The zero-order valence-corrected chi connectivity index (χ0v) is 20.3. The molecule has 35 heavy (non-hydrogen) atoms. The number of ether oxygens (including phenoxy) is 1. The Labute approximate surface area is 203 Å². The van der Waals surface area contributed by atoms with Crippen LogP contribution in [0.2, 0.25) is 0 Å². The third-order valence-electron chi connectivity index (χ3n) is 5.53. The van der Waals surface area contributed by atoms with Gasteiger partial charge in [0.25, 0.3) is 11.5 Å². The van der Waals surface area contributed by atoms with Gasteiger partial charge in [-0.3, -0.25) is 23.3 Å². The number of pyridine rings is 2. The van der Waals surface area contributed by atoms with Gasteiger partial charge in [0, 0.05) is 25.9 Å². The standard InChI is InChI=1S/C23H27N5O6S/c1-13(2)8-10-28-22-15(5-4-9-25-22)20(30)19(23(28)31)21-26-16-7-6-14(34-12-18(29)24-3)11-17(16)35(32,33)27-21/h4-7,9,11,13,30,32-33H,8,10,12H2,1-3H3,(H,24,29)(H,26,27). The van der Waals surface area contributed by atoms with E-state index in [1.165, 1.54) is 23.7 Å². The van der Waals surface area contributed by atoms with Crippen molar-refractivity contribution in [1.82, 2.24) is 14.9 Å². The number of amidine groups is 1. The van der Waals surface area contributed by atoms with Crippen LogP contribution < -0.4 is 20.9 Å². The molecule has 3 aromatic rings. The normalized spacial score (nSPS) is 15.2. The van der Waals surface area contributed by atoms with E-state index >= 15 is 0 Å². The molecule has 0 spiro atoms. The lowest BCUT2D eigenvalue weighted by atomic mass is 10.1. The van der Waals surface area contributed by atoms with Gasteiger partial charge in [0.1, 0.15) is 27.6 Å². The summed E-state index contributed by atoms with van der Waals surface area (Å²) in [7, 11) is -2.28. The molecule has 1 aromatic carbocycles. The largest absolute Gasteiger partial charge is 0.506 e. The second-order valence-electron chi connectivity index (χ2n) is 8.44. The van der Waals surface area contributed by atoms with Crippen molar-refractivity contribution in [2.75, 3.05) is 19.0 Å². The molecule has 5 N–H and O–H groups in total. The van der Waals surface area contributed by atoms with Crippen LogP contribution in [-0.2, 0) is 11.3 Å². The highest BCUT2D eigenvalue weighted by atomic mass is 32.3. The highest BCUT2D eigenvalue weighted by molar-refractivity contribution is 8.23. The number of amides is 1. The molecule has 3 heterocycles. The molecule has 12 heteroatoms. The Morgan fingerprint density at radius 1 is 1.29 bits per heavy atom. The van der Waals surface area contributed by atoms with E-state index in [1.54, 1.807) is 24.4 Å². The molecule has 4 rings (SSSR count). The van der Waals surface area contributed by atoms with E-state index in [9.17, 15) is 23.8 Å². The van der Waals surface area contributed by atoms with Gasteiger partial charge < -0.3 is 20.5 Å². The molecule has 0 atom stereocenters. The number of rotatable bonds is 7. The fourth-order valence-corrected chi connectivity index (χ4v) is 4.83. The van der Waals surface area contributed by atoms with E-state index < -0.39 is 16.3 Å². The molecule has 0 unspecified atom stereocenters. The van der Waals surface area contributed by atoms with Crippen LogP contribution in [0.4, 0.5) is 5.69 Å². The number of likely N-dealkylation sites (N-methyl/N-ethyl adjacent to an activating group) is 1. The van der Waals surface area contributed by atoms with Crippen LogP contribution in [0, 0.1) is 5.92 Å². The third-order valence-corrected chi connectivity index (χ3v) is 6.89. The van der Waals surface area contributed by atoms with Gasteiger partial charge in [-0.25, -0.2) is 4.98 Å². The minimum Gasteiger partial charge on any atom is -0.506 e. The molecule has 0 radical (unpaired) electrons. The smallest absolute Gasteiger partial charge is 0.267 e. The van der Waals surface area contributed by atoms with Gasteiger partial charge in [-0.1, -0.05) is 24.6 Å². The van der Waals surface area contributed by atoms with E-state index in [0.29, 0.717) is 29.9 Å². The number of hydrogen-bond acceptors (Lipinski definition) is 9. The molecule has 0 saturated heterocycles. The summed E-state index contributed by atoms with van der Waals surface area (Å²) in [5.74, 6) is -0.301. The van der Waals surface area contributed by atoms with Crippen molar-refractivity contribution in [3.8, 4) is 11.5 Å². The van der Waals surface area contributed by atoms with Gasteiger partial charge in [-0.2, -0.15) is 0 Å². The van der Waals surface area contributed by atoms with E-state index in [4.69, 9.17) is 4.74 Å². The lowest BCUT2D eigenvalue weighted by molar-refractivity contribution is -0.122. The van der Waals surface area contributed by atoms with Crippen LogP contribution in [0.5, 0.6) is 11.5 Å². The molecule has 1 aliphatic heterocycles. The SMILES string of the molecule is CNC(=O)COc1ccc2c(c1)S(O)(O)N=C(c1c(O)c3cccnc3n(CCC(C)C)c1=O)N2. The molecule has 2 aromatic heterocycles. The number of aromatic nitrogens is 2. The number of nitrogens with one attached hydrogen (secondary N) is 2. The first kappa shape index (κ1) is 24.5. The van der Waals surface area contributed by atoms with Crippen molar-refractivity contribution < 1.29 is 23.7 Å². The summed E-state index contributed by atoms with van der Waals surface area (Å²) in [6.45, 7) is 4.19. The predicted molar refractivity (Wildman–Crippen MR) is 134 cm³/mol. The first-order chi connectivity index (χ1) is 16.6. The number of carbonyl (C=O) groups is 1. The summed E-state index contributed by atoms with van der Waals surface area (Å²) in [6.07, 6.45) is 2.24. The molecular weight excluding hydrogens is 474 g/mol. The molecule has 0 bridgehead atoms. The van der Waals surface area contributed by atoms with E-state index in [0.717, 1.165) is 0 Å². The second kappa shape index (κ2) is 9.56. The summed E-state index contributed by atoms with van der Waals surface area (Å²) >= 11 is 0. The predicted octanol–water partition coefficient (Wildman–Crippen LogP) is 3.17. The maximum absolute atomic E-state index is 13.5. The number of aryl methyl sites for hydroxylation is 1. The average Bonchev–Trinajstić information content (AvgIpc) is 2.82. The third kappa shape index (κ3) is 4.81. The molecule has 1 aliphatic rings. The first-order valence-electron chi connectivity index (χ1n) is 11.0. The second-order valence-corrected chi connectivity index (χ2v) is 10.1. The van der Waals surface area contributed by atoms with E-state index in [1.807, 2.05) is 13.8 Å². The minimum absolute atomic E-state index is 0.0396. The Kier molecular flexibility index (Phi) is 6.70. The fraction of sp³-hybridized carbons (Fsp3) is 0.304. The quantitative estimate of drug-likeness (QED) is 0.330. The summed E-state index contributed by atoms with van der Waals surface area (Å²) in [5.41, 5.74) is -0.119. The summed E-state index contributed by atoms with van der Waals surface area (Å²) in [6, 6.07) is 7.71. The highest BCUT2D eigenvalue weighted by Crippen LogP contribution is 2.56. The first-order valence-corrected chi connectivity index (χ1v) is 12.5. The number of carbonyl (C=O) groups excluding carboxylic acids is 1. The van der Waals surface area contributed by atoms with Gasteiger partial charge in [-0.05, 0) is 36.6 Å². The van der Waals surface area contributed by atoms with Crippen LogP contribution in [0.3, 0.4) is 0 Å². The van der Waals surface area contributed by atoms with Crippen molar-refractivity contribution in [2.45, 2.75) is 31.7 Å². The maximum Gasteiger partial charge on any atom is 0.267 e. The molecule has 11 nitrogen and oxygen atoms in total. The lowest BCUT2D eigenvalue weighted by Gasteiger charge is -2.34. The molecule has 186 valence electrons. The van der Waals surface area contributed by atoms with Crippen molar-refractivity contribution in [2.24, 2.45) is 10.3 Å². The number of hydrogen-bond donors (Lipinski definition) is 5. The number of anilines is 1. The van der Waals surface area contributed by atoms with Gasteiger partial charge in [0.05, 0.1) is 11.1 Å². The Hall–Kier alpha value is -3.61. The molecule has 1 amide bonds. The highest BCUT2D eigenvalue weighted by Gasteiger charge is 2.31. The average molecular weight is 502 g/mol. The van der Waals surface area contributed by atoms with Crippen LogP contribution in [0.25, 0.3) is 11.0 Å². The van der Waals surface area contributed by atoms with Crippen molar-refractivity contribution in [3.05, 3.63) is 52.4 Å². The van der Waals surface area contributed by atoms with Crippen LogP contribution in [0.15, 0.2) is 50.6 Å². The van der Waals surface area contributed by atoms with Crippen molar-refractivity contribution >= 4 is 39.2 Å². The van der Waals surface area contributed by atoms with Gasteiger partial charge in [0.2, 0.25) is 0 Å². The Morgan fingerprint density at radius 3 is 2.77 bits per heavy atom. The van der Waals surface area contributed by atoms with Gasteiger partial charge in [0.15, 0.2) is 12.4 Å². The fourth-order valence-electron chi connectivity index (χ4n) is 3.65. The van der Waals surface area contributed by atoms with E-state index in [2.05, 4.69) is 20.0 Å². The van der Waals surface area contributed by atoms with Crippen LogP contribution >= 0.6 is 10.8 Å². The maximum atomic E-state index is 13.5. The Bertz CT molecular complexity index is 1380. The van der Waals surface area contributed by atoms with Crippen LogP contribution in [-0.4, -0.2) is 49.2 Å². The molecular formula is C23H27N5O6S. The monoisotopic (exact) mass is 501 g/mol. The number of aromatic hydroxyl groups is 1. The minimum atomic E-state index is -3.76. The number of nitrogens with zero attached hydrogens (tertiary/aromatic N) is 3. The van der Waals surface area contributed by atoms with Crippen molar-refractivity contribution in [1.29, 1.82) is 0 Å². The zero-order valence-electron chi connectivity index (χ0n) is 19.5. The lowest BCUT2D eigenvalue weighted by Crippen LogP contribution is -2.32. The zero-order chi connectivity index (χ0) is 25.3. The number of fused-ring (bicyclic) bond motifs is 2. The topological polar surface area (TPSA) is 158 Å². The molecule has 0 fully saturated rings. The molecule has 0 saturated carbocycles. The van der Waals surface area contributed by atoms with Crippen LogP contribution in [0.1, 0.15) is 25.8 Å². The number of benzene rings is 1. The van der Waals surface area contributed by atoms with Gasteiger partial charge in [-0.15, -0.1) is 4.40 Å². The summed E-state index contributed by atoms with van der Waals surface area (Å²) < 4.78 is 32.5.